The molecule has 4 heteroatoms. The van der Waals surface area contributed by atoms with E-state index in [-0.39, 0.29) is 11.8 Å². The van der Waals surface area contributed by atoms with Crippen molar-refractivity contribution in [3.63, 3.8) is 0 Å². The van der Waals surface area contributed by atoms with E-state index in [1.165, 1.54) is 5.56 Å². The molecule has 0 saturated carbocycles. The number of hydrogen-bond acceptors (Lipinski definition) is 2. The highest BCUT2D eigenvalue weighted by molar-refractivity contribution is 5.79. The number of nitrogens with one attached hydrogen (secondary N) is 2. The van der Waals surface area contributed by atoms with Crippen LogP contribution in [-0.2, 0) is 24.2 Å². The average Bonchev–Trinajstić information content (AvgIpc) is 2.93. The van der Waals surface area contributed by atoms with Gasteiger partial charge in [0.15, 0.2) is 0 Å². The third-order valence-corrected chi connectivity index (χ3v) is 3.95. The molecule has 1 heterocycles. The second kappa shape index (κ2) is 5.49. The molecule has 1 atom stereocenters. The van der Waals surface area contributed by atoms with Gasteiger partial charge in [0.05, 0.1) is 12.0 Å². The van der Waals surface area contributed by atoms with Crippen molar-refractivity contribution in [3.8, 4) is 0 Å². The summed E-state index contributed by atoms with van der Waals surface area (Å²) in [5.41, 5.74) is 4.61. The number of rotatable bonds is 3. The monoisotopic (exact) mass is 269 g/mol. The third-order valence-electron chi connectivity index (χ3n) is 3.95. The molecule has 0 fully saturated rings. The predicted octanol–water partition coefficient (Wildman–Crippen LogP) is 2.14. The van der Waals surface area contributed by atoms with E-state index in [1.807, 2.05) is 0 Å². The number of H-pyrrole nitrogens is 1. The molecule has 0 bridgehead atoms. The van der Waals surface area contributed by atoms with Gasteiger partial charge >= 0.3 is 0 Å². The van der Waals surface area contributed by atoms with Gasteiger partial charge in [0.25, 0.3) is 0 Å². The summed E-state index contributed by atoms with van der Waals surface area (Å²) in [5, 5.41) is 3.04. The van der Waals surface area contributed by atoms with Crippen LogP contribution in [0.1, 0.15) is 28.9 Å². The SMILES string of the molecule is Cc1ccc(CNC(=O)C2CCc3nc[nH]c3C2)cc1. The van der Waals surface area contributed by atoms with Crippen LogP contribution < -0.4 is 5.32 Å². The molecule has 3 rings (SSSR count). The first kappa shape index (κ1) is 12.9. The van der Waals surface area contributed by atoms with Gasteiger partial charge in [-0.15, -0.1) is 0 Å². The summed E-state index contributed by atoms with van der Waals surface area (Å²) in [5.74, 6) is 0.208. The van der Waals surface area contributed by atoms with Crippen molar-refractivity contribution in [1.82, 2.24) is 15.3 Å². The number of hydrogen-bond donors (Lipinski definition) is 2. The summed E-state index contributed by atoms with van der Waals surface area (Å²) in [7, 11) is 0. The standard InChI is InChI=1S/C16H19N3O/c1-11-2-4-12(5-3-11)9-17-16(20)13-6-7-14-15(8-13)19-10-18-14/h2-5,10,13H,6-9H2,1H3,(H,17,20)(H,18,19). The van der Waals surface area contributed by atoms with Gasteiger partial charge in [-0.2, -0.15) is 0 Å². The van der Waals surface area contributed by atoms with E-state index in [4.69, 9.17) is 0 Å². The first-order valence-electron chi connectivity index (χ1n) is 7.07. The Morgan fingerprint density at radius 2 is 2.20 bits per heavy atom. The number of fused-ring (bicyclic) bond motifs is 1. The first-order valence-corrected chi connectivity index (χ1v) is 7.07. The minimum atomic E-state index is 0.0633. The maximum atomic E-state index is 12.2. The van der Waals surface area contributed by atoms with E-state index in [1.54, 1.807) is 6.33 Å². The predicted molar refractivity (Wildman–Crippen MR) is 77.1 cm³/mol. The summed E-state index contributed by atoms with van der Waals surface area (Å²) in [6.45, 7) is 2.66. The topological polar surface area (TPSA) is 57.8 Å². The molecule has 1 aliphatic carbocycles. The quantitative estimate of drug-likeness (QED) is 0.897. The van der Waals surface area contributed by atoms with Crippen LogP contribution in [0.4, 0.5) is 0 Å². The zero-order chi connectivity index (χ0) is 13.9. The van der Waals surface area contributed by atoms with Crippen molar-refractivity contribution < 1.29 is 4.79 Å². The van der Waals surface area contributed by atoms with Crippen LogP contribution >= 0.6 is 0 Å². The molecule has 1 aromatic heterocycles. The fourth-order valence-electron chi connectivity index (χ4n) is 2.66. The van der Waals surface area contributed by atoms with Gasteiger partial charge in [0.1, 0.15) is 0 Å². The molecule has 0 radical (unpaired) electrons. The fraction of sp³-hybridized carbons (Fsp3) is 0.375. The van der Waals surface area contributed by atoms with Crippen molar-refractivity contribution in [3.05, 3.63) is 53.1 Å². The highest BCUT2D eigenvalue weighted by Gasteiger charge is 2.25. The summed E-state index contributed by atoms with van der Waals surface area (Å²) >= 11 is 0. The minimum absolute atomic E-state index is 0.0633. The second-order valence-electron chi connectivity index (χ2n) is 5.47. The van der Waals surface area contributed by atoms with Crippen LogP contribution in [0.5, 0.6) is 0 Å². The Kier molecular flexibility index (Phi) is 3.54. The van der Waals surface area contributed by atoms with E-state index in [9.17, 15) is 4.79 Å². The lowest BCUT2D eigenvalue weighted by Gasteiger charge is -2.20. The lowest BCUT2D eigenvalue weighted by Crippen LogP contribution is -2.33. The molecule has 4 nitrogen and oxygen atoms in total. The summed E-state index contributed by atoms with van der Waals surface area (Å²) in [4.78, 5) is 19.6. The van der Waals surface area contributed by atoms with Gasteiger partial charge in [-0.25, -0.2) is 4.98 Å². The zero-order valence-electron chi connectivity index (χ0n) is 11.6. The fourth-order valence-corrected chi connectivity index (χ4v) is 2.66. The van der Waals surface area contributed by atoms with E-state index in [0.717, 1.165) is 36.2 Å². The molecular weight excluding hydrogens is 250 g/mol. The molecule has 104 valence electrons. The molecule has 1 aliphatic rings. The summed E-state index contributed by atoms with van der Waals surface area (Å²) < 4.78 is 0. The number of aromatic amines is 1. The molecule has 0 aliphatic heterocycles. The van der Waals surface area contributed by atoms with Gasteiger partial charge in [0.2, 0.25) is 5.91 Å². The lowest BCUT2D eigenvalue weighted by molar-refractivity contribution is -0.125. The molecular formula is C16H19N3O. The lowest BCUT2D eigenvalue weighted by atomic mass is 9.89. The van der Waals surface area contributed by atoms with Crippen molar-refractivity contribution in [2.24, 2.45) is 5.92 Å². The Morgan fingerprint density at radius 3 is 3.00 bits per heavy atom. The highest BCUT2D eigenvalue weighted by atomic mass is 16.1. The normalized spacial score (nSPS) is 17.6. The molecule has 1 amide bonds. The Bertz CT molecular complexity index is 600. The second-order valence-corrected chi connectivity index (χ2v) is 5.47. The van der Waals surface area contributed by atoms with E-state index >= 15 is 0 Å². The Balaban J connectivity index is 1.56. The number of benzene rings is 1. The van der Waals surface area contributed by atoms with Crippen LogP contribution in [0.3, 0.4) is 0 Å². The molecule has 20 heavy (non-hydrogen) atoms. The molecule has 1 aromatic carbocycles. The zero-order valence-corrected chi connectivity index (χ0v) is 11.6. The Hall–Kier alpha value is -2.10. The van der Waals surface area contributed by atoms with Gasteiger partial charge < -0.3 is 10.3 Å². The number of aryl methyl sites for hydroxylation is 2. The molecule has 2 aromatic rings. The van der Waals surface area contributed by atoms with Crippen molar-refractivity contribution in [2.75, 3.05) is 0 Å². The number of nitrogens with zero attached hydrogens (tertiary/aromatic N) is 1. The van der Waals surface area contributed by atoms with Gasteiger partial charge in [-0.1, -0.05) is 29.8 Å². The van der Waals surface area contributed by atoms with Crippen molar-refractivity contribution in [2.45, 2.75) is 32.7 Å². The van der Waals surface area contributed by atoms with Crippen LogP contribution in [0.25, 0.3) is 0 Å². The van der Waals surface area contributed by atoms with E-state index in [2.05, 4.69) is 46.5 Å². The largest absolute Gasteiger partial charge is 0.352 e. The van der Waals surface area contributed by atoms with Crippen LogP contribution in [-0.4, -0.2) is 15.9 Å². The Labute approximate surface area is 118 Å². The first-order chi connectivity index (χ1) is 9.72. The molecule has 0 saturated heterocycles. The molecule has 2 N–H and O–H groups in total. The van der Waals surface area contributed by atoms with E-state index < -0.39 is 0 Å². The summed E-state index contributed by atoms with van der Waals surface area (Å²) in [6, 6.07) is 8.25. The Morgan fingerprint density at radius 1 is 1.40 bits per heavy atom. The van der Waals surface area contributed by atoms with Gasteiger partial charge in [0, 0.05) is 24.6 Å². The van der Waals surface area contributed by atoms with Crippen molar-refractivity contribution in [1.29, 1.82) is 0 Å². The van der Waals surface area contributed by atoms with Crippen molar-refractivity contribution >= 4 is 5.91 Å². The maximum Gasteiger partial charge on any atom is 0.223 e. The number of carbonyl (C=O) groups excluding carboxylic acids is 1. The van der Waals surface area contributed by atoms with Crippen LogP contribution in [0.15, 0.2) is 30.6 Å². The van der Waals surface area contributed by atoms with Gasteiger partial charge in [-0.05, 0) is 25.3 Å². The number of aromatic nitrogens is 2. The number of imidazole rings is 1. The van der Waals surface area contributed by atoms with E-state index in [0.29, 0.717) is 6.54 Å². The highest BCUT2D eigenvalue weighted by Crippen LogP contribution is 2.22. The minimum Gasteiger partial charge on any atom is -0.352 e. The number of amides is 1. The van der Waals surface area contributed by atoms with Gasteiger partial charge in [-0.3, -0.25) is 4.79 Å². The third kappa shape index (κ3) is 2.74. The molecule has 0 spiro atoms. The average molecular weight is 269 g/mol. The maximum absolute atomic E-state index is 12.2. The molecule has 1 unspecified atom stereocenters. The smallest absolute Gasteiger partial charge is 0.223 e. The number of carbonyl (C=O) groups is 1. The van der Waals surface area contributed by atoms with Crippen LogP contribution in [0.2, 0.25) is 0 Å². The van der Waals surface area contributed by atoms with Crippen LogP contribution in [0, 0.1) is 12.8 Å². The summed E-state index contributed by atoms with van der Waals surface area (Å²) in [6.07, 6.45) is 4.27.